The molecule has 0 bridgehead atoms. The highest BCUT2D eigenvalue weighted by molar-refractivity contribution is 6.10. The molecule has 0 unspecified atom stereocenters. The van der Waals surface area contributed by atoms with Crippen LogP contribution >= 0.6 is 0 Å². The number of aliphatic carboxylic acids is 1. The highest BCUT2D eigenvalue weighted by Gasteiger charge is 2.15. The fraction of sp³-hybridized carbons (Fsp3) is 0.118. The topological polar surface area (TPSA) is 101 Å². The van der Waals surface area contributed by atoms with Gasteiger partial charge in [-0.3, -0.25) is 14.4 Å². The van der Waals surface area contributed by atoms with E-state index in [0.717, 1.165) is 6.07 Å². The fourth-order valence-corrected chi connectivity index (χ4v) is 1.90. The first-order valence-electron chi connectivity index (χ1n) is 6.82. The second-order valence-electron chi connectivity index (χ2n) is 4.74. The summed E-state index contributed by atoms with van der Waals surface area (Å²) in [5.74, 6) is -2.46. The molecule has 0 spiro atoms. The molecule has 0 aliphatic carbocycles. The molecular weight excluding hydrogens is 300 g/mol. The minimum Gasteiger partial charge on any atom is -0.507 e. The maximum Gasteiger partial charge on any atom is 0.311 e. The van der Waals surface area contributed by atoms with Gasteiger partial charge in [0.2, 0.25) is 0 Å². The van der Waals surface area contributed by atoms with Gasteiger partial charge in [0.1, 0.15) is 11.5 Å². The lowest BCUT2D eigenvalue weighted by molar-refractivity contribution is -0.142. The predicted molar refractivity (Wildman–Crippen MR) is 80.5 cm³/mol. The zero-order chi connectivity index (χ0) is 16.8. The van der Waals surface area contributed by atoms with Crippen molar-refractivity contribution in [3.63, 3.8) is 0 Å². The molecule has 118 valence electrons. The predicted octanol–water partition coefficient (Wildman–Crippen LogP) is 2.39. The van der Waals surface area contributed by atoms with Crippen molar-refractivity contribution < 1.29 is 29.3 Å². The highest BCUT2D eigenvalue weighted by Crippen LogP contribution is 2.26. The molecule has 0 heterocycles. The number of esters is 1. The van der Waals surface area contributed by atoms with Crippen LogP contribution in [0.4, 0.5) is 0 Å². The van der Waals surface area contributed by atoms with Crippen LogP contribution < -0.4 is 4.74 Å². The second-order valence-corrected chi connectivity index (χ2v) is 4.74. The second kappa shape index (κ2) is 7.22. The van der Waals surface area contributed by atoms with Crippen molar-refractivity contribution in [1.82, 2.24) is 0 Å². The number of hydrogen-bond acceptors (Lipinski definition) is 5. The van der Waals surface area contributed by atoms with Crippen LogP contribution in [0.2, 0.25) is 0 Å². The molecule has 0 amide bonds. The van der Waals surface area contributed by atoms with Crippen LogP contribution in [0.15, 0.2) is 48.5 Å². The molecule has 6 heteroatoms. The molecule has 0 saturated carbocycles. The van der Waals surface area contributed by atoms with Crippen molar-refractivity contribution in [2.45, 2.75) is 12.8 Å². The van der Waals surface area contributed by atoms with E-state index in [0.29, 0.717) is 5.56 Å². The van der Waals surface area contributed by atoms with Gasteiger partial charge in [-0.1, -0.05) is 30.3 Å². The molecule has 0 aromatic heterocycles. The number of carboxylic acid groups (broad SMARTS) is 1. The quantitative estimate of drug-likeness (QED) is 0.482. The van der Waals surface area contributed by atoms with E-state index >= 15 is 0 Å². The number of ketones is 1. The van der Waals surface area contributed by atoms with Crippen molar-refractivity contribution in [3.8, 4) is 11.5 Å². The fourth-order valence-electron chi connectivity index (χ4n) is 1.90. The summed E-state index contributed by atoms with van der Waals surface area (Å²) >= 11 is 0. The average Bonchev–Trinajstić information content (AvgIpc) is 2.53. The summed E-state index contributed by atoms with van der Waals surface area (Å²) in [4.78, 5) is 34.1. The zero-order valence-corrected chi connectivity index (χ0v) is 12.1. The summed E-state index contributed by atoms with van der Waals surface area (Å²) in [5, 5.41) is 18.4. The molecule has 0 aliphatic heterocycles. The monoisotopic (exact) mass is 314 g/mol. The minimum atomic E-state index is -1.10. The van der Waals surface area contributed by atoms with E-state index in [4.69, 9.17) is 9.84 Å². The SMILES string of the molecule is O=C(O)CCC(=O)Oc1ccc(C(=O)c2ccccc2)c(O)c1. The minimum absolute atomic E-state index is 0.0440. The number of phenolic OH excluding ortho intramolecular Hbond substituents is 1. The normalized spacial score (nSPS) is 10.1. The lowest BCUT2D eigenvalue weighted by atomic mass is 10.0. The van der Waals surface area contributed by atoms with Gasteiger partial charge < -0.3 is 14.9 Å². The van der Waals surface area contributed by atoms with Gasteiger partial charge in [-0.15, -0.1) is 0 Å². The maximum absolute atomic E-state index is 12.2. The van der Waals surface area contributed by atoms with E-state index < -0.39 is 11.9 Å². The van der Waals surface area contributed by atoms with Gasteiger partial charge in [-0.05, 0) is 12.1 Å². The Labute approximate surface area is 131 Å². The van der Waals surface area contributed by atoms with Gasteiger partial charge in [-0.2, -0.15) is 0 Å². The van der Waals surface area contributed by atoms with Crippen LogP contribution in [0.25, 0.3) is 0 Å². The summed E-state index contributed by atoms with van der Waals surface area (Å²) in [5.41, 5.74) is 0.510. The van der Waals surface area contributed by atoms with Crippen LogP contribution in [-0.2, 0) is 9.59 Å². The molecule has 2 aromatic rings. The van der Waals surface area contributed by atoms with Crippen molar-refractivity contribution in [3.05, 3.63) is 59.7 Å². The number of benzene rings is 2. The van der Waals surface area contributed by atoms with Crippen molar-refractivity contribution in [2.24, 2.45) is 0 Å². The molecule has 0 atom stereocenters. The van der Waals surface area contributed by atoms with Crippen LogP contribution in [0.3, 0.4) is 0 Å². The van der Waals surface area contributed by atoms with E-state index in [-0.39, 0.29) is 35.7 Å². The smallest absolute Gasteiger partial charge is 0.311 e. The lowest BCUT2D eigenvalue weighted by Crippen LogP contribution is -2.10. The van der Waals surface area contributed by atoms with Crippen molar-refractivity contribution in [1.29, 1.82) is 0 Å². The average molecular weight is 314 g/mol. The van der Waals surface area contributed by atoms with E-state index in [2.05, 4.69) is 0 Å². The lowest BCUT2D eigenvalue weighted by Gasteiger charge is -2.07. The molecule has 2 N–H and O–H groups in total. The Morgan fingerprint density at radius 3 is 2.26 bits per heavy atom. The summed E-state index contributed by atoms with van der Waals surface area (Å²) < 4.78 is 4.91. The zero-order valence-electron chi connectivity index (χ0n) is 12.1. The van der Waals surface area contributed by atoms with Gasteiger partial charge in [0.25, 0.3) is 0 Å². The summed E-state index contributed by atoms with van der Waals surface area (Å²) in [6.07, 6.45) is -0.615. The summed E-state index contributed by atoms with van der Waals surface area (Å²) in [6, 6.07) is 12.3. The molecule has 0 saturated heterocycles. The Kier molecular flexibility index (Phi) is 5.09. The highest BCUT2D eigenvalue weighted by atomic mass is 16.5. The van der Waals surface area contributed by atoms with Crippen LogP contribution in [0.1, 0.15) is 28.8 Å². The summed E-state index contributed by atoms with van der Waals surface area (Å²) in [7, 11) is 0. The van der Waals surface area contributed by atoms with E-state index in [1.165, 1.54) is 12.1 Å². The molecule has 0 aliphatic rings. The first-order valence-corrected chi connectivity index (χ1v) is 6.82. The molecule has 2 aromatic carbocycles. The van der Waals surface area contributed by atoms with E-state index in [1.807, 2.05) is 0 Å². The molecule has 23 heavy (non-hydrogen) atoms. The van der Waals surface area contributed by atoms with Crippen LogP contribution in [0, 0.1) is 0 Å². The number of hydrogen-bond donors (Lipinski definition) is 2. The van der Waals surface area contributed by atoms with E-state index in [9.17, 15) is 19.5 Å². The molecular formula is C17H14O6. The molecule has 2 rings (SSSR count). The largest absolute Gasteiger partial charge is 0.507 e. The maximum atomic E-state index is 12.2. The van der Waals surface area contributed by atoms with Crippen LogP contribution in [-0.4, -0.2) is 27.9 Å². The third kappa shape index (κ3) is 4.41. The number of ether oxygens (including phenoxy) is 1. The Morgan fingerprint density at radius 1 is 0.957 bits per heavy atom. The Hall–Kier alpha value is -3.15. The van der Waals surface area contributed by atoms with Gasteiger partial charge in [-0.25, -0.2) is 0 Å². The van der Waals surface area contributed by atoms with Crippen molar-refractivity contribution >= 4 is 17.7 Å². The third-order valence-corrected chi connectivity index (χ3v) is 3.02. The number of rotatable bonds is 6. The van der Waals surface area contributed by atoms with Gasteiger partial charge in [0.05, 0.1) is 18.4 Å². The molecule has 0 radical (unpaired) electrons. The summed E-state index contributed by atoms with van der Waals surface area (Å²) in [6.45, 7) is 0. The third-order valence-electron chi connectivity index (χ3n) is 3.02. The number of phenols is 1. The molecule has 6 nitrogen and oxygen atoms in total. The molecule has 0 fully saturated rings. The van der Waals surface area contributed by atoms with Gasteiger partial charge >= 0.3 is 11.9 Å². The standard InChI is InChI=1S/C17H14O6/c18-14-10-12(23-16(21)9-8-15(19)20)6-7-13(14)17(22)11-4-2-1-3-5-11/h1-7,10,18H,8-9H2,(H,19,20). The van der Waals surface area contributed by atoms with E-state index in [1.54, 1.807) is 30.3 Å². The van der Waals surface area contributed by atoms with Gasteiger partial charge in [0.15, 0.2) is 5.78 Å². The van der Waals surface area contributed by atoms with Gasteiger partial charge in [0, 0.05) is 11.6 Å². The number of carboxylic acids is 1. The first-order chi connectivity index (χ1) is 11.0. The number of carbonyl (C=O) groups excluding carboxylic acids is 2. The first kappa shape index (κ1) is 16.2. The van der Waals surface area contributed by atoms with Crippen molar-refractivity contribution in [2.75, 3.05) is 0 Å². The Morgan fingerprint density at radius 2 is 1.65 bits per heavy atom. The number of aromatic hydroxyl groups is 1. The Bertz CT molecular complexity index is 736. The Balaban J connectivity index is 2.10. The van der Waals surface area contributed by atoms with Crippen LogP contribution in [0.5, 0.6) is 11.5 Å². The number of carbonyl (C=O) groups is 3.